The van der Waals surface area contributed by atoms with E-state index in [4.69, 9.17) is 11.6 Å². The van der Waals surface area contributed by atoms with Crippen LogP contribution >= 0.6 is 11.6 Å². The number of amides is 2. The van der Waals surface area contributed by atoms with Crippen LogP contribution < -0.4 is 0 Å². The fourth-order valence-corrected chi connectivity index (χ4v) is 2.35. The molecule has 20 heavy (non-hydrogen) atoms. The van der Waals surface area contributed by atoms with Gasteiger partial charge in [0.15, 0.2) is 5.78 Å². The summed E-state index contributed by atoms with van der Waals surface area (Å²) in [6.45, 7) is 3.02. The number of Topliss-reactive ketones (excluding diaryl/α,β-unsaturated/α-hetero) is 1. The number of piperazine rings is 1. The van der Waals surface area contributed by atoms with Gasteiger partial charge in [0.05, 0.1) is 11.6 Å². The number of nitrogens with zero attached hydrogens (tertiary/aromatic N) is 2. The van der Waals surface area contributed by atoms with Gasteiger partial charge in [-0.1, -0.05) is 23.7 Å². The molecule has 1 aromatic rings. The topological polar surface area (TPSA) is 57.7 Å². The Morgan fingerprint density at radius 3 is 2.40 bits per heavy atom. The summed E-state index contributed by atoms with van der Waals surface area (Å²) in [5, 5.41) is 0.350. The fraction of sp³-hybridized carbons (Fsp3) is 0.357. The fourth-order valence-electron chi connectivity index (χ4n) is 2.11. The van der Waals surface area contributed by atoms with Crippen molar-refractivity contribution in [2.24, 2.45) is 0 Å². The second kappa shape index (κ2) is 6.05. The minimum absolute atomic E-state index is 0.119. The molecule has 2 amide bonds. The first-order valence-corrected chi connectivity index (χ1v) is 6.78. The molecule has 0 radical (unpaired) electrons. The second-order valence-corrected chi connectivity index (χ2v) is 4.92. The first-order chi connectivity index (χ1) is 9.54. The maximum Gasteiger partial charge on any atom is 0.312 e. The summed E-state index contributed by atoms with van der Waals surface area (Å²) in [6.07, 6.45) is 0. The van der Waals surface area contributed by atoms with Crippen LogP contribution in [0.15, 0.2) is 24.3 Å². The Hall–Kier alpha value is -1.88. The molecular weight excluding hydrogens is 280 g/mol. The molecular formula is C14H15ClN2O3. The van der Waals surface area contributed by atoms with Gasteiger partial charge in [-0.25, -0.2) is 0 Å². The van der Waals surface area contributed by atoms with Crippen LogP contribution in [0.3, 0.4) is 0 Å². The van der Waals surface area contributed by atoms with Crippen LogP contribution in [0.4, 0.5) is 0 Å². The molecule has 0 N–H and O–H groups in total. The van der Waals surface area contributed by atoms with Crippen LogP contribution in [0.1, 0.15) is 17.3 Å². The Morgan fingerprint density at radius 1 is 1.15 bits per heavy atom. The van der Waals surface area contributed by atoms with Crippen LogP contribution in [0.25, 0.3) is 0 Å². The average Bonchev–Trinajstić information content (AvgIpc) is 2.44. The van der Waals surface area contributed by atoms with Crippen molar-refractivity contribution >= 4 is 29.2 Å². The van der Waals surface area contributed by atoms with Gasteiger partial charge in [0, 0.05) is 25.2 Å². The molecule has 0 saturated carbocycles. The highest BCUT2D eigenvalue weighted by atomic mass is 35.5. The quantitative estimate of drug-likeness (QED) is 0.619. The third kappa shape index (κ3) is 2.82. The van der Waals surface area contributed by atoms with E-state index < -0.39 is 11.8 Å². The van der Waals surface area contributed by atoms with Gasteiger partial charge >= 0.3 is 11.8 Å². The molecule has 6 heteroatoms. The van der Waals surface area contributed by atoms with Gasteiger partial charge in [-0.15, -0.1) is 0 Å². The SMILES string of the molecule is CCN1CCN(CC(=O)c2ccccc2Cl)C(=O)C1=O. The lowest BCUT2D eigenvalue weighted by atomic mass is 10.1. The third-order valence-corrected chi connectivity index (χ3v) is 3.62. The van der Waals surface area contributed by atoms with Crippen molar-refractivity contribution in [1.82, 2.24) is 9.80 Å². The van der Waals surface area contributed by atoms with E-state index in [1.54, 1.807) is 24.3 Å². The summed E-state index contributed by atoms with van der Waals surface area (Å²) in [7, 11) is 0. The predicted octanol–water partition coefficient (Wildman–Crippen LogP) is 1.21. The van der Waals surface area contributed by atoms with E-state index in [-0.39, 0.29) is 12.3 Å². The molecule has 1 fully saturated rings. The normalized spacial score (nSPS) is 15.7. The van der Waals surface area contributed by atoms with Crippen molar-refractivity contribution in [2.45, 2.75) is 6.92 Å². The summed E-state index contributed by atoms with van der Waals surface area (Å²) >= 11 is 5.95. The van der Waals surface area contributed by atoms with Gasteiger partial charge in [0.1, 0.15) is 0 Å². The Morgan fingerprint density at radius 2 is 1.75 bits per heavy atom. The zero-order valence-electron chi connectivity index (χ0n) is 11.1. The molecule has 106 valence electrons. The Kier molecular flexibility index (Phi) is 4.39. The lowest BCUT2D eigenvalue weighted by Gasteiger charge is -2.32. The van der Waals surface area contributed by atoms with E-state index >= 15 is 0 Å². The highest BCUT2D eigenvalue weighted by Crippen LogP contribution is 2.16. The first-order valence-electron chi connectivity index (χ1n) is 6.40. The number of likely N-dealkylation sites (N-methyl/N-ethyl adjacent to an activating group) is 1. The lowest BCUT2D eigenvalue weighted by Crippen LogP contribution is -2.55. The Balaban J connectivity index is 2.08. The first kappa shape index (κ1) is 14.5. The molecule has 0 bridgehead atoms. The number of carbonyl (C=O) groups is 3. The minimum Gasteiger partial charge on any atom is -0.333 e. The van der Waals surface area contributed by atoms with Crippen LogP contribution in [-0.2, 0) is 9.59 Å². The average molecular weight is 295 g/mol. The Labute approximate surface area is 122 Å². The molecule has 5 nitrogen and oxygen atoms in total. The van der Waals surface area contributed by atoms with E-state index in [0.717, 1.165) is 0 Å². The van der Waals surface area contributed by atoms with Crippen LogP contribution in [0.5, 0.6) is 0 Å². The summed E-state index contributed by atoms with van der Waals surface area (Å²) in [5.41, 5.74) is 0.368. The van der Waals surface area contributed by atoms with Crippen molar-refractivity contribution in [3.8, 4) is 0 Å². The molecule has 0 aromatic heterocycles. The maximum atomic E-state index is 12.1. The van der Waals surface area contributed by atoms with Gasteiger partial charge in [-0.05, 0) is 19.1 Å². The number of ketones is 1. The molecule has 0 unspecified atom stereocenters. The van der Waals surface area contributed by atoms with Crippen LogP contribution in [0, 0.1) is 0 Å². The van der Waals surface area contributed by atoms with Crippen molar-refractivity contribution in [1.29, 1.82) is 0 Å². The largest absolute Gasteiger partial charge is 0.333 e. The zero-order chi connectivity index (χ0) is 14.7. The smallest absolute Gasteiger partial charge is 0.312 e. The number of halogens is 1. The highest BCUT2D eigenvalue weighted by Gasteiger charge is 2.32. The number of benzene rings is 1. The summed E-state index contributed by atoms with van der Waals surface area (Å²) in [4.78, 5) is 38.5. The van der Waals surface area contributed by atoms with Crippen molar-refractivity contribution in [3.05, 3.63) is 34.9 Å². The standard InChI is InChI=1S/C14H15ClN2O3/c1-2-16-7-8-17(14(20)13(16)19)9-12(18)10-5-3-4-6-11(10)15/h3-6H,2,7-9H2,1H3. The molecule has 1 saturated heterocycles. The van der Waals surface area contributed by atoms with Gasteiger partial charge in [-0.3, -0.25) is 14.4 Å². The zero-order valence-corrected chi connectivity index (χ0v) is 11.9. The van der Waals surface area contributed by atoms with Crippen molar-refractivity contribution < 1.29 is 14.4 Å². The lowest BCUT2D eigenvalue weighted by molar-refractivity contribution is -0.155. The summed E-state index contributed by atoms with van der Waals surface area (Å²) in [5.74, 6) is -1.44. The molecule has 1 aromatic carbocycles. The van der Waals surface area contributed by atoms with E-state index in [1.807, 2.05) is 6.92 Å². The number of rotatable bonds is 4. The van der Waals surface area contributed by atoms with Crippen LogP contribution in [-0.4, -0.2) is 53.6 Å². The van der Waals surface area contributed by atoms with E-state index in [9.17, 15) is 14.4 Å². The van der Waals surface area contributed by atoms with Gasteiger partial charge in [0.25, 0.3) is 0 Å². The summed E-state index contributed by atoms with van der Waals surface area (Å²) in [6, 6.07) is 6.67. The Bertz CT molecular complexity index is 559. The predicted molar refractivity (Wildman–Crippen MR) is 74.6 cm³/mol. The molecule has 0 spiro atoms. The molecule has 0 atom stereocenters. The summed E-state index contributed by atoms with van der Waals surface area (Å²) < 4.78 is 0. The van der Waals surface area contributed by atoms with Crippen molar-refractivity contribution in [2.75, 3.05) is 26.2 Å². The van der Waals surface area contributed by atoms with Gasteiger partial charge in [0.2, 0.25) is 0 Å². The molecule has 0 aliphatic carbocycles. The minimum atomic E-state index is -0.626. The molecule has 1 heterocycles. The van der Waals surface area contributed by atoms with Gasteiger partial charge < -0.3 is 9.80 Å². The monoisotopic (exact) mass is 294 g/mol. The number of hydrogen-bond donors (Lipinski definition) is 0. The van der Waals surface area contributed by atoms with Gasteiger partial charge in [-0.2, -0.15) is 0 Å². The van der Waals surface area contributed by atoms with E-state index in [2.05, 4.69) is 0 Å². The molecule has 2 rings (SSSR count). The number of carbonyl (C=O) groups excluding carboxylic acids is 3. The third-order valence-electron chi connectivity index (χ3n) is 3.29. The molecule has 1 aliphatic rings. The maximum absolute atomic E-state index is 12.1. The highest BCUT2D eigenvalue weighted by molar-refractivity contribution is 6.36. The molecule has 1 aliphatic heterocycles. The second-order valence-electron chi connectivity index (χ2n) is 4.51. The van der Waals surface area contributed by atoms with E-state index in [0.29, 0.717) is 30.2 Å². The van der Waals surface area contributed by atoms with Crippen LogP contribution in [0.2, 0.25) is 5.02 Å². The van der Waals surface area contributed by atoms with E-state index in [1.165, 1.54) is 9.80 Å². The van der Waals surface area contributed by atoms with Crippen molar-refractivity contribution in [3.63, 3.8) is 0 Å². The number of hydrogen-bond acceptors (Lipinski definition) is 3.